The maximum absolute atomic E-state index is 12.3. The van der Waals surface area contributed by atoms with Crippen LogP contribution in [0.25, 0.3) is 0 Å². The van der Waals surface area contributed by atoms with Crippen molar-refractivity contribution in [2.75, 3.05) is 12.9 Å². The van der Waals surface area contributed by atoms with E-state index in [-0.39, 0.29) is 11.8 Å². The highest BCUT2D eigenvalue weighted by atomic mass is 32.2. The maximum Gasteiger partial charge on any atom is 0.213 e. The summed E-state index contributed by atoms with van der Waals surface area (Å²) in [5.74, 6) is 0.815. The number of fused-ring (bicyclic) bond motifs is 1. The van der Waals surface area contributed by atoms with Crippen LogP contribution in [0.4, 0.5) is 0 Å². The monoisotopic (exact) mass is 332 g/mol. The Hall–Kier alpha value is -1.89. The Bertz CT molecular complexity index is 776. The van der Waals surface area contributed by atoms with Crippen molar-refractivity contribution < 1.29 is 13.2 Å². The van der Waals surface area contributed by atoms with Crippen molar-refractivity contribution in [3.05, 3.63) is 65.2 Å². The minimum atomic E-state index is -3.37. The first-order valence-corrected chi connectivity index (χ1v) is 9.14. The highest BCUT2D eigenvalue weighted by Crippen LogP contribution is 2.29. The lowest BCUT2D eigenvalue weighted by molar-refractivity contribution is 0.414. The standard InChI is InChI=1S/C17H20N2O3S/c1-22-15-7-8-16-14(9-15)11-18-17(16)12-23(20,21)19-10-13-5-3-2-4-6-13/h2-9,17-19H,10-12H2,1H3. The van der Waals surface area contributed by atoms with Crippen LogP contribution in [0.5, 0.6) is 5.75 Å². The van der Waals surface area contributed by atoms with Gasteiger partial charge < -0.3 is 10.1 Å². The van der Waals surface area contributed by atoms with E-state index in [1.54, 1.807) is 7.11 Å². The van der Waals surface area contributed by atoms with Crippen LogP contribution in [0.2, 0.25) is 0 Å². The van der Waals surface area contributed by atoms with Crippen LogP contribution in [0.15, 0.2) is 48.5 Å². The molecule has 6 heteroatoms. The Kier molecular flexibility index (Phi) is 4.66. The van der Waals surface area contributed by atoms with Gasteiger partial charge in [-0.25, -0.2) is 13.1 Å². The highest BCUT2D eigenvalue weighted by Gasteiger charge is 2.27. The number of nitrogens with one attached hydrogen (secondary N) is 2. The summed E-state index contributed by atoms with van der Waals surface area (Å²) in [4.78, 5) is 0. The molecule has 1 atom stereocenters. The van der Waals surface area contributed by atoms with E-state index in [1.165, 1.54) is 0 Å². The van der Waals surface area contributed by atoms with E-state index in [1.807, 2.05) is 48.5 Å². The van der Waals surface area contributed by atoms with E-state index in [0.29, 0.717) is 13.1 Å². The molecule has 2 N–H and O–H groups in total. The highest BCUT2D eigenvalue weighted by molar-refractivity contribution is 7.89. The molecule has 0 radical (unpaired) electrons. The molecule has 0 saturated carbocycles. The van der Waals surface area contributed by atoms with Gasteiger partial charge >= 0.3 is 0 Å². The molecular formula is C17H20N2O3S. The number of methoxy groups -OCH3 is 1. The minimum absolute atomic E-state index is 0.0269. The molecule has 0 spiro atoms. The first-order valence-electron chi connectivity index (χ1n) is 7.49. The fourth-order valence-electron chi connectivity index (χ4n) is 2.76. The molecule has 1 aliphatic heterocycles. The number of hydrogen-bond acceptors (Lipinski definition) is 4. The van der Waals surface area contributed by atoms with Gasteiger partial charge in [0.1, 0.15) is 5.75 Å². The Labute approximate surface area is 136 Å². The molecule has 0 aliphatic carbocycles. The van der Waals surface area contributed by atoms with Crippen molar-refractivity contribution in [2.24, 2.45) is 0 Å². The number of sulfonamides is 1. The van der Waals surface area contributed by atoms with Crippen LogP contribution < -0.4 is 14.8 Å². The van der Waals surface area contributed by atoms with E-state index in [9.17, 15) is 8.42 Å². The van der Waals surface area contributed by atoms with Crippen molar-refractivity contribution in [1.82, 2.24) is 10.0 Å². The van der Waals surface area contributed by atoms with Gasteiger partial charge in [0.25, 0.3) is 0 Å². The Morgan fingerprint density at radius 2 is 2.00 bits per heavy atom. The third kappa shape index (κ3) is 3.90. The van der Waals surface area contributed by atoms with E-state index >= 15 is 0 Å². The van der Waals surface area contributed by atoms with Crippen LogP contribution >= 0.6 is 0 Å². The summed E-state index contributed by atoms with van der Waals surface area (Å²) in [5.41, 5.74) is 3.06. The van der Waals surface area contributed by atoms with Crippen molar-refractivity contribution in [2.45, 2.75) is 19.1 Å². The lowest BCUT2D eigenvalue weighted by Crippen LogP contribution is -2.31. The first kappa shape index (κ1) is 16.0. The van der Waals surface area contributed by atoms with Gasteiger partial charge in [-0.15, -0.1) is 0 Å². The molecule has 1 heterocycles. The van der Waals surface area contributed by atoms with E-state index in [4.69, 9.17) is 4.74 Å². The molecule has 1 unspecified atom stereocenters. The molecule has 122 valence electrons. The van der Waals surface area contributed by atoms with E-state index in [2.05, 4.69) is 10.0 Å². The summed E-state index contributed by atoms with van der Waals surface area (Å²) in [5, 5.41) is 3.25. The summed E-state index contributed by atoms with van der Waals surface area (Å²) in [6.45, 7) is 0.969. The Morgan fingerprint density at radius 3 is 2.74 bits per heavy atom. The average Bonchev–Trinajstić information content (AvgIpc) is 2.95. The first-order chi connectivity index (χ1) is 11.1. The van der Waals surface area contributed by atoms with Crippen LogP contribution in [0.1, 0.15) is 22.7 Å². The summed E-state index contributed by atoms with van der Waals surface area (Å²) >= 11 is 0. The molecule has 3 rings (SSSR count). The zero-order chi connectivity index (χ0) is 16.3. The van der Waals surface area contributed by atoms with Gasteiger partial charge in [-0.05, 0) is 28.8 Å². The van der Waals surface area contributed by atoms with Gasteiger partial charge in [-0.2, -0.15) is 0 Å². The predicted molar refractivity (Wildman–Crippen MR) is 89.6 cm³/mol. The number of hydrogen-bond donors (Lipinski definition) is 2. The average molecular weight is 332 g/mol. The zero-order valence-electron chi connectivity index (χ0n) is 13.0. The molecule has 5 nitrogen and oxygen atoms in total. The summed E-state index contributed by atoms with van der Waals surface area (Å²) in [6, 6.07) is 15.1. The number of ether oxygens (including phenoxy) is 1. The third-order valence-corrected chi connectivity index (χ3v) is 5.35. The van der Waals surface area contributed by atoms with Crippen molar-refractivity contribution in [3.8, 4) is 5.75 Å². The van der Waals surface area contributed by atoms with Gasteiger partial charge in [0.2, 0.25) is 10.0 Å². The molecule has 0 saturated heterocycles. The molecule has 0 aromatic heterocycles. The van der Waals surface area contributed by atoms with E-state index < -0.39 is 10.0 Å². The predicted octanol–water partition coefficient (Wildman–Crippen LogP) is 1.96. The number of benzene rings is 2. The van der Waals surface area contributed by atoms with Gasteiger partial charge in [0.05, 0.1) is 12.9 Å². The topological polar surface area (TPSA) is 67.4 Å². The quantitative estimate of drug-likeness (QED) is 0.848. The molecule has 2 aromatic rings. The zero-order valence-corrected chi connectivity index (χ0v) is 13.8. The third-order valence-electron chi connectivity index (χ3n) is 3.99. The molecule has 0 fully saturated rings. The minimum Gasteiger partial charge on any atom is -0.497 e. The molecule has 23 heavy (non-hydrogen) atoms. The molecular weight excluding hydrogens is 312 g/mol. The Balaban J connectivity index is 1.66. The molecule has 0 bridgehead atoms. The van der Waals surface area contributed by atoms with Crippen molar-refractivity contribution in [1.29, 1.82) is 0 Å². The second-order valence-corrected chi connectivity index (χ2v) is 7.44. The Morgan fingerprint density at radius 1 is 1.22 bits per heavy atom. The molecule has 2 aromatic carbocycles. The molecule has 0 amide bonds. The van der Waals surface area contributed by atoms with Gasteiger partial charge in [0, 0.05) is 19.1 Å². The van der Waals surface area contributed by atoms with Crippen LogP contribution in [-0.4, -0.2) is 21.3 Å². The SMILES string of the molecule is COc1ccc2c(c1)CNC2CS(=O)(=O)NCc1ccccc1. The summed E-state index contributed by atoms with van der Waals surface area (Å²) in [7, 11) is -1.74. The molecule has 1 aliphatic rings. The summed E-state index contributed by atoms with van der Waals surface area (Å²) < 4.78 is 32.5. The van der Waals surface area contributed by atoms with Crippen molar-refractivity contribution in [3.63, 3.8) is 0 Å². The van der Waals surface area contributed by atoms with Gasteiger partial charge in [0.15, 0.2) is 0 Å². The van der Waals surface area contributed by atoms with Gasteiger partial charge in [-0.3, -0.25) is 0 Å². The second-order valence-electron chi connectivity index (χ2n) is 5.59. The van der Waals surface area contributed by atoms with Crippen molar-refractivity contribution >= 4 is 10.0 Å². The lowest BCUT2D eigenvalue weighted by atomic mass is 10.1. The largest absolute Gasteiger partial charge is 0.497 e. The fourth-order valence-corrected chi connectivity index (χ4v) is 4.00. The van der Waals surface area contributed by atoms with Gasteiger partial charge in [-0.1, -0.05) is 36.4 Å². The number of rotatable bonds is 6. The summed E-state index contributed by atoms with van der Waals surface area (Å²) in [6.07, 6.45) is 0. The normalized spacial score (nSPS) is 17.0. The second kappa shape index (κ2) is 6.70. The lowest BCUT2D eigenvalue weighted by Gasteiger charge is -2.14. The van der Waals surface area contributed by atoms with Crippen LogP contribution in [0, 0.1) is 0 Å². The fraction of sp³-hybridized carbons (Fsp3) is 0.294. The van der Waals surface area contributed by atoms with Crippen LogP contribution in [0.3, 0.4) is 0 Å². The van der Waals surface area contributed by atoms with Crippen LogP contribution in [-0.2, 0) is 23.1 Å². The smallest absolute Gasteiger partial charge is 0.213 e. The maximum atomic E-state index is 12.3. The van der Waals surface area contributed by atoms with E-state index in [0.717, 1.165) is 22.4 Å².